The summed E-state index contributed by atoms with van der Waals surface area (Å²) in [7, 11) is 0. The molecule has 0 aliphatic rings. The van der Waals surface area contributed by atoms with Gasteiger partial charge in [0.05, 0.1) is 13.2 Å². The molecule has 0 atom stereocenters. The number of rotatable bonds is 20. The van der Waals surface area contributed by atoms with Crippen molar-refractivity contribution in [3.63, 3.8) is 0 Å². The first-order chi connectivity index (χ1) is 13.2. The molecule has 0 aliphatic carbocycles. The van der Waals surface area contributed by atoms with Gasteiger partial charge in [0.2, 0.25) is 0 Å². The summed E-state index contributed by atoms with van der Waals surface area (Å²) in [5.41, 5.74) is 0. The van der Waals surface area contributed by atoms with E-state index in [1.807, 2.05) is 0 Å². The average Bonchev–Trinajstić information content (AvgIpc) is 2.65. The summed E-state index contributed by atoms with van der Waals surface area (Å²) in [6.07, 6.45) is 20.2. The van der Waals surface area contributed by atoms with Crippen molar-refractivity contribution in [1.82, 2.24) is 5.32 Å². The third-order valence-corrected chi connectivity index (χ3v) is 4.57. The summed E-state index contributed by atoms with van der Waals surface area (Å²) in [5.74, 6) is -0.653. The van der Waals surface area contributed by atoms with Crippen LogP contribution in [0.4, 0.5) is 0 Å². The van der Waals surface area contributed by atoms with Gasteiger partial charge in [-0.3, -0.25) is 4.79 Å². The zero-order valence-electron chi connectivity index (χ0n) is 17.9. The van der Waals surface area contributed by atoms with Crippen LogP contribution in [0.2, 0.25) is 0 Å². The first-order valence-corrected chi connectivity index (χ1v) is 11.3. The highest BCUT2D eigenvalue weighted by molar-refractivity contribution is 5.75. The number of aliphatic hydroxyl groups excluding tert-OH is 2. The highest BCUT2D eigenvalue weighted by Crippen LogP contribution is 2.13. The van der Waals surface area contributed by atoms with E-state index in [4.69, 9.17) is 15.3 Å². The predicted molar refractivity (Wildman–Crippen MR) is 124 cm³/mol. The highest BCUT2D eigenvalue weighted by atomic mass is 27.0. The van der Waals surface area contributed by atoms with Gasteiger partial charge in [0.25, 0.3) is 0 Å². The van der Waals surface area contributed by atoms with Gasteiger partial charge in [0.15, 0.2) is 17.4 Å². The van der Waals surface area contributed by atoms with Crippen LogP contribution in [0.15, 0.2) is 0 Å². The number of unbranched alkanes of at least 4 members (excludes halogenated alkanes) is 14. The average molecular weight is 420 g/mol. The van der Waals surface area contributed by atoms with Crippen LogP contribution in [0.5, 0.6) is 0 Å². The van der Waals surface area contributed by atoms with Gasteiger partial charge >= 0.3 is 5.97 Å². The van der Waals surface area contributed by atoms with E-state index >= 15 is 0 Å². The molecule has 0 saturated carbocycles. The topological polar surface area (TPSA) is 89.8 Å². The number of carbonyl (C=O) groups is 1. The Hall–Kier alpha value is -0.118. The van der Waals surface area contributed by atoms with Crippen molar-refractivity contribution in [3.8, 4) is 0 Å². The Bertz CT molecular complexity index is 277. The van der Waals surface area contributed by atoms with Gasteiger partial charge in [-0.05, 0) is 6.42 Å². The SMILES string of the molecule is CCCCCCCCCCCCCCCCCC(=O)O.OCCNCCO.[AlH3]. The molecule has 0 heterocycles. The largest absolute Gasteiger partial charge is 0.481 e. The van der Waals surface area contributed by atoms with Crippen molar-refractivity contribution in [2.24, 2.45) is 0 Å². The number of carboxylic acid groups (broad SMARTS) is 1. The monoisotopic (exact) mass is 419 g/mol. The van der Waals surface area contributed by atoms with E-state index in [1.165, 1.54) is 83.5 Å². The molecule has 0 saturated heterocycles. The third-order valence-electron chi connectivity index (χ3n) is 4.57. The first kappa shape index (κ1) is 32.5. The number of aliphatic hydroxyl groups is 2. The second-order valence-corrected chi connectivity index (χ2v) is 7.29. The van der Waals surface area contributed by atoms with E-state index in [1.54, 1.807) is 0 Å². The van der Waals surface area contributed by atoms with Crippen molar-refractivity contribution in [2.45, 2.75) is 110 Å². The van der Waals surface area contributed by atoms with E-state index in [0.29, 0.717) is 19.5 Å². The van der Waals surface area contributed by atoms with E-state index in [2.05, 4.69) is 12.2 Å². The molecule has 170 valence electrons. The lowest BCUT2D eigenvalue weighted by Gasteiger charge is -2.03. The molecule has 0 aliphatic heterocycles. The summed E-state index contributed by atoms with van der Waals surface area (Å²) in [5, 5.41) is 27.6. The van der Waals surface area contributed by atoms with Crippen LogP contribution in [-0.4, -0.2) is 65.0 Å². The number of hydrogen-bond acceptors (Lipinski definition) is 4. The fourth-order valence-electron chi connectivity index (χ4n) is 2.93. The third kappa shape index (κ3) is 36.7. The maximum Gasteiger partial charge on any atom is 0.303 e. The normalized spacial score (nSPS) is 10.1. The number of aliphatic carboxylic acids is 1. The minimum atomic E-state index is -0.653. The molecule has 5 nitrogen and oxygen atoms in total. The van der Waals surface area contributed by atoms with Crippen LogP contribution in [0.3, 0.4) is 0 Å². The summed E-state index contributed by atoms with van der Waals surface area (Å²) < 4.78 is 0. The van der Waals surface area contributed by atoms with Crippen molar-refractivity contribution in [3.05, 3.63) is 0 Å². The van der Waals surface area contributed by atoms with Crippen LogP contribution in [0, 0.1) is 0 Å². The van der Waals surface area contributed by atoms with Crippen molar-refractivity contribution in [1.29, 1.82) is 0 Å². The maximum absolute atomic E-state index is 10.3. The molecule has 0 radical (unpaired) electrons. The molecule has 0 aromatic heterocycles. The molecule has 0 unspecified atom stereocenters. The molecular formula is C22H50AlNO4. The predicted octanol–water partition coefficient (Wildman–Crippen LogP) is 3.71. The Kier molecular flexibility index (Phi) is 36.7. The minimum absolute atomic E-state index is 0. The quantitative estimate of drug-likeness (QED) is 0.178. The van der Waals surface area contributed by atoms with Gasteiger partial charge in [-0.15, -0.1) is 0 Å². The van der Waals surface area contributed by atoms with Crippen LogP contribution >= 0.6 is 0 Å². The van der Waals surface area contributed by atoms with Crippen molar-refractivity contribution < 1.29 is 20.1 Å². The Morgan fingerprint density at radius 2 is 0.964 bits per heavy atom. The van der Waals surface area contributed by atoms with Gasteiger partial charge in [-0.1, -0.05) is 96.8 Å². The lowest BCUT2D eigenvalue weighted by atomic mass is 10.0. The van der Waals surface area contributed by atoms with Gasteiger partial charge in [0.1, 0.15) is 0 Å². The fraction of sp³-hybridized carbons (Fsp3) is 0.955. The molecule has 0 aromatic rings. The lowest BCUT2D eigenvalue weighted by molar-refractivity contribution is -0.137. The Balaban J connectivity index is -0.000000665. The molecule has 0 amide bonds. The van der Waals surface area contributed by atoms with Gasteiger partial charge in [-0.25, -0.2) is 0 Å². The molecular weight excluding hydrogens is 369 g/mol. The zero-order chi connectivity index (χ0) is 20.4. The Labute approximate surface area is 184 Å². The molecule has 0 fully saturated rings. The minimum Gasteiger partial charge on any atom is -0.481 e. The Morgan fingerprint density at radius 1 is 0.643 bits per heavy atom. The van der Waals surface area contributed by atoms with Crippen molar-refractivity contribution in [2.75, 3.05) is 26.3 Å². The van der Waals surface area contributed by atoms with Crippen LogP contribution in [0.25, 0.3) is 0 Å². The molecule has 0 aromatic carbocycles. The van der Waals surface area contributed by atoms with Crippen LogP contribution < -0.4 is 5.32 Å². The van der Waals surface area contributed by atoms with Crippen LogP contribution in [-0.2, 0) is 4.79 Å². The lowest BCUT2D eigenvalue weighted by Crippen LogP contribution is -2.21. The van der Waals surface area contributed by atoms with E-state index in [0.717, 1.165) is 12.8 Å². The molecule has 0 bridgehead atoms. The Morgan fingerprint density at radius 3 is 1.25 bits per heavy atom. The molecule has 0 rings (SSSR count). The smallest absolute Gasteiger partial charge is 0.303 e. The standard InChI is InChI=1S/C18H36O2.C4H11NO2.Al.3H/c1-2-3-4-5-6-7-8-9-10-11-12-13-14-15-16-17-18(19)20;6-3-1-5-2-4-7;;;;/h2-17H2,1H3,(H,19,20);5-7H,1-4H2;;;;. The van der Waals surface area contributed by atoms with Gasteiger partial charge < -0.3 is 20.6 Å². The summed E-state index contributed by atoms with van der Waals surface area (Å²) in [4.78, 5) is 10.3. The van der Waals surface area contributed by atoms with E-state index in [9.17, 15) is 4.79 Å². The van der Waals surface area contributed by atoms with Gasteiger partial charge in [0, 0.05) is 19.5 Å². The number of nitrogens with one attached hydrogen (secondary N) is 1. The molecule has 0 spiro atoms. The number of hydrogen-bond donors (Lipinski definition) is 4. The molecule has 6 heteroatoms. The van der Waals surface area contributed by atoms with E-state index in [-0.39, 0.29) is 30.6 Å². The zero-order valence-corrected chi connectivity index (χ0v) is 17.9. The highest BCUT2D eigenvalue weighted by Gasteiger charge is 1.97. The van der Waals surface area contributed by atoms with Crippen molar-refractivity contribution >= 4 is 23.3 Å². The number of carboxylic acids is 1. The summed E-state index contributed by atoms with van der Waals surface area (Å²) >= 11 is 0. The van der Waals surface area contributed by atoms with E-state index < -0.39 is 5.97 Å². The molecule has 4 N–H and O–H groups in total. The first-order valence-electron chi connectivity index (χ1n) is 11.3. The van der Waals surface area contributed by atoms with Gasteiger partial charge in [-0.2, -0.15) is 0 Å². The summed E-state index contributed by atoms with van der Waals surface area (Å²) in [6.45, 7) is 3.69. The fourth-order valence-corrected chi connectivity index (χ4v) is 2.93. The molecule has 28 heavy (non-hydrogen) atoms. The van der Waals surface area contributed by atoms with Crippen LogP contribution in [0.1, 0.15) is 110 Å². The second-order valence-electron chi connectivity index (χ2n) is 7.29. The maximum atomic E-state index is 10.3. The second kappa shape index (κ2) is 31.6. The summed E-state index contributed by atoms with van der Waals surface area (Å²) in [6, 6.07) is 0.